The highest BCUT2D eigenvalue weighted by molar-refractivity contribution is 5.12. The minimum Gasteiger partial charge on any atom is -0.374 e. The number of rotatable bonds is 3. The van der Waals surface area contributed by atoms with Crippen molar-refractivity contribution in [2.24, 2.45) is 16.7 Å². The van der Waals surface area contributed by atoms with E-state index in [0.717, 1.165) is 31.7 Å². The molecule has 0 radical (unpaired) electrons. The number of fused-ring (bicyclic) bond motifs is 3. The number of hydrogen-bond acceptors (Lipinski definition) is 3. The third-order valence-electron chi connectivity index (χ3n) is 7.28. The molecular formula is C18H32N2O. The van der Waals surface area contributed by atoms with Crippen molar-refractivity contribution < 1.29 is 4.74 Å². The first-order valence-electron chi connectivity index (χ1n) is 9.08. The molecule has 4 rings (SSSR count). The Kier molecular flexibility index (Phi) is 3.40. The van der Waals surface area contributed by atoms with Crippen molar-refractivity contribution in [2.45, 2.75) is 71.1 Å². The molecule has 5 unspecified atom stereocenters. The fraction of sp³-hybridized carbons (Fsp3) is 1.00. The van der Waals surface area contributed by atoms with Crippen molar-refractivity contribution in [1.29, 1.82) is 0 Å². The van der Waals surface area contributed by atoms with Gasteiger partial charge >= 0.3 is 0 Å². The molecule has 0 aromatic carbocycles. The van der Waals surface area contributed by atoms with Crippen molar-refractivity contribution in [1.82, 2.24) is 10.2 Å². The van der Waals surface area contributed by atoms with Gasteiger partial charge in [-0.25, -0.2) is 0 Å². The summed E-state index contributed by atoms with van der Waals surface area (Å²) in [5.74, 6) is 0.926. The van der Waals surface area contributed by atoms with Crippen molar-refractivity contribution in [3.63, 3.8) is 0 Å². The summed E-state index contributed by atoms with van der Waals surface area (Å²) in [5, 5.41) is 3.94. The van der Waals surface area contributed by atoms with Gasteiger partial charge < -0.3 is 10.1 Å². The Hall–Kier alpha value is -0.120. The maximum atomic E-state index is 6.13. The molecule has 5 atom stereocenters. The first kappa shape index (κ1) is 14.5. The highest BCUT2D eigenvalue weighted by Crippen LogP contribution is 2.62. The molecule has 0 aromatic rings. The van der Waals surface area contributed by atoms with E-state index in [0.29, 0.717) is 23.0 Å². The molecule has 0 amide bonds. The molecule has 2 heterocycles. The summed E-state index contributed by atoms with van der Waals surface area (Å²) >= 11 is 0. The molecule has 3 heteroatoms. The monoisotopic (exact) mass is 292 g/mol. The Morgan fingerprint density at radius 2 is 2.10 bits per heavy atom. The van der Waals surface area contributed by atoms with E-state index in [2.05, 4.69) is 31.0 Å². The van der Waals surface area contributed by atoms with Crippen LogP contribution in [0.25, 0.3) is 0 Å². The van der Waals surface area contributed by atoms with Gasteiger partial charge in [0.2, 0.25) is 0 Å². The molecule has 21 heavy (non-hydrogen) atoms. The van der Waals surface area contributed by atoms with E-state index in [1.54, 1.807) is 0 Å². The summed E-state index contributed by atoms with van der Waals surface area (Å²) in [4.78, 5) is 2.66. The van der Waals surface area contributed by atoms with Crippen LogP contribution in [-0.2, 0) is 4.74 Å². The van der Waals surface area contributed by atoms with Gasteiger partial charge in [-0.05, 0) is 55.4 Å². The Bertz CT molecular complexity index is 405. The van der Waals surface area contributed by atoms with Gasteiger partial charge in [0.25, 0.3) is 0 Å². The minimum atomic E-state index is 0.401. The zero-order chi connectivity index (χ0) is 14.7. The lowest BCUT2D eigenvalue weighted by atomic mass is 9.68. The second-order valence-corrected chi connectivity index (χ2v) is 9.00. The lowest BCUT2D eigenvalue weighted by molar-refractivity contribution is -0.0516. The summed E-state index contributed by atoms with van der Waals surface area (Å²) in [5.41, 5.74) is 0.983. The number of hydrogen-bond donors (Lipinski definition) is 1. The van der Waals surface area contributed by atoms with E-state index in [4.69, 9.17) is 4.74 Å². The van der Waals surface area contributed by atoms with Crippen LogP contribution >= 0.6 is 0 Å². The SMILES string of the molecule is CC12CCC(C1)C(C)(C)C2NCC1CN2CCCC2CO1. The van der Waals surface area contributed by atoms with E-state index < -0.39 is 0 Å². The van der Waals surface area contributed by atoms with Crippen molar-refractivity contribution in [3.8, 4) is 0 Å². The maximum absolute atomic E-state index is 6.13. The van der Waals surface area contributed by atoms with Crippen LogP contribution in [0, 0.1) is 16.7 Å². The van der Waals surface area contributed by atoms with Crippen LogP contribution in [-0.4, -0.2) is 49.3 Å². The first-order valence-corrected chi connectivity index (χ1v) is 9.08. The molecular weight excluding hydrogens is 260 g/mol. The smallest absolute Gasteiger partial charge is 0.0827 e. The molecule has 120 valence electrons. The molecule has 4 fully saturated rings. The molecule has 3 nitrogen and oxygen atoms in total. The Labute approximate surface area is 129 Å². The summed E-state index contributed by atoms with van der Waals surface area (Å²) in [6, 6.07) is 1.39. The maximum Gasteiger partial charge on any atom is 0.0827 e. The average Bonchev–Trinajstić information content (AvgIpc) is 3.08. The van der Waals surface area contributed by atoms with Crippen LogP contribution in [0.1, 0.15) is 52.9 Å². The third kappa shape index (κ3) is 2.27. The molecule has 2 saturated carbocycles. The highest BCUT2D eigenvalue weighted by Gasteiger charge is 2.59. The number of morpholine rings is 1. The van der Waals surface area contributed by atoms with Gasteiger partial charge in [-0.2, -0.15) is 0 Å². The third-order valence-corrected chi connectivity index (χ3v) is 7.28. The normalized spacial score (nSPS) is 48.7. The van der Waals surface area contributed by atoms with E-state index in [1.165, 1.54) is 38.6 Å². The predicted octanol–water partition coefficient (Wildman–Crippen LogP) is 2.65. The quantitative estimate of drug-likeness (QED) is 0.865. The van der Waals surface area contributed by atoms with Gasteiger partial charge in [0, 0.05) is 25.2 Å². The van der Waals surface area contributed by atoms with E-state index in [-0.39, 0.29) is 0 Å². The zero-order valence-electron chi connectivity index (χ0n) is 14.0. The lowest BCUT2D eigenvalue weighted by Gasteiger charge is -2.44. The van der Waals surface area contributed by atoms with Gasteiger partial charge in [0.15, 0.2) is 0 Å². The first-order chi connectivity index (χ1) is 9.99. The molecule has 2 aliphatic carbocycles. The van der Waals surface area contributed by atoms with Crippen LogP contribution in [0.5, 0.6) is 0 Å². The van der Waals surface area contributed by atoms with E-state index in [9.17, 15) is 0 Å². The largest absolute Gasteiger partial charge is 0.374 e. The van der Waals surface area contributed by atoms with Crippen molar-refractivity contribution in [3.05, 3.63) is 0 Å². The zero-order valence-corrected chi connectivity index (χ0v) is 14.0. The van der Waals surface area contributed by atoms with Gasteiger partial charge in [-0.1, -0.05) is 20.8 Å². The fourth-order valence-corrected chi connectivity index (χ4v) is 6.07. The van der Waals surface area contributed by atoms with Crippen LogP contribution in [0.3, 0.4) is 0 Å². The Balaban J connectivity index is 1.36. The van der Waals surface area contributed by atoms with Gasteiger partial charge in [0.1, 0.15) is 0 Å². The Morgan fingerprint density at radius 1 is 1.24 bits per heavy atom. The average molecular weight is 292 g/mol. The topological polar surface area (TPSA) is 24.5 Å². The predicted molar refractivity (Wildman–Crippen MR) is 85.4 cm³/mol. The van der Waals surface area contributed by atoms with Crippen LogP contribution in [0.4, 0.5) is 0 Å². The molecule has 2 aliphatic heterocycles. The van der Waals surface area contributed by atoms with Gasteiger partial charge in [0.05, 0.1) is 12.7 Å². The Morgan fingerprint density at radius 3 is 2.86 bits per heavy atom. The summed E-state index contributed by atoms with van der Waals surface area (Å²) in [6.07, 6.45) is 7.39. The molecule has 2 saturated heterocycles. The molecule has 4 aliphatic rings. The molecule has 0 spiro atoms. The molecule has 1 N–H and O–H groups in total. The molecule has 2 bridgehead atoms. The number of nitrogens with one attached hydrogen (secondary N) is 1. The number of nitrogens with zero attached hydrogens (tertiary/aromatic N) is 1. The van der Waals surface area contributed by atoms with Crippen LogP contribution in [0.2, 0.25) is 0 Å². The van der Waals surface area contributed by atoms with Gasteiger partial charge in [-0.3, -0.25) is 4.90 Å². The molecule has 0 aromatic heterocycles. The van der Waals surface area contributed by atoms with E-state index >= 15 is 0 Å². The second-order valence-electron chi connectivity index (χ2n) is 9.00. The highest BCUT2D eigenvalue weighted by atomic mass is 16.5. The second kappa shape index (κ2) is 4.94. The van der Waals surface area contributed by atoms with Crippen molar-refractivity contribution >= 4 is 0 Å². The van der Waals surface area contributed by atoms with E-state index in [1.807, 2.05) is 0 Å². The minimum absolute atomic E-state index is 0.401. The summed E-state index contributed by atoms with van der Waals surface area (Å²) in [6.45, 7) is 11.9. The van der Waals surface area contributed by atoms with Crippen LogP contribution in [0.15, 0.2) is 0 Å². The lowest BCUT2D eigenvalue weighted by Crippen LogP contribution is -2.55. The van der Waals surface area contributed by atoms with Crippen LogP contribution < -0.4 is 5.32 Å². The summed E-state index contributed by atoms with van der Waals surface area (Å²) < 4.78 is 6.13. The number of ether oxygens (including phenoxy) is 1. The fourth-order valence-electron chi connectivity index (χ4n) is 6.07. The summed E-state index contributed by atoms with van der Waals surface area (Å²) in [7, 11) is 0. The standard InChI is InChI=1S/C18H32N2O/c1-17(2)13-6-7-18(3,9-13)16(17)19-10-15-11-20-8-4-5-14(20)12-21-15/h13-16,19H,4-12H2,1-3H3. The van der Waals surface area contributed by atoms with Gasteiger partial charge in [-0.15, -0.1) is 0 Å². The van der Waals surface area contributed by atoms with Crippen molar-refractivity contribution in [2.75, 3.05) is 26.2 Å².